The molecule has 0 aliphatic rings. The lowest BCUT2D eigenvalue weighted by atomic mass is 10.1. The van der Waals surface area contributed by atoms with E-state index in [0.717, 1.165) is 18.4 Å². The summed E-state index contributed by atoms with van der Waals surface area (Å²) in [5, 5.41) is 5.03. The zero-order valence-electron chi connectivity index (χ0n) is 16.2. The molecule has 6 nitrogen and oxygen atoms in total. The summed E-state index contributed by atoms with van der Waals surface area (Å²) in [4.78, 5) is 12.1. The van der Waals surface area contributed by atoms with Crippen LogP contribution in [0.3, 0.4) is 0 Å². The van der Waals surface area contributed by atoms with Crippen molar-refractivity contribution in [1.29, 1.82) is 0 Å². The van der Waals surface area contributed by atoms with E-state index >= 15 is 4.39 Å². The summed E-state index contributed by atoms with van der Waals surface area (Å²) in [7, 11) is -3.87. The fourth-order valence-electron chi connectivity index (χ4n) is 3.22. The third-order valence-electron chi connectivity index (χ3n) is 4.56. The summed E-state index contributed by atoms with van der Waals surface area (Å²) in [6, 6.07) is 12.7. The predicted molar refractivity (Wildman–Crippen MR) is 119 cm³/mol. The average Bonchev–Trinajstić information content (AvgIpc) is 3.06. The monoisotopic (exact) mass is 495 g/mol. The Hall–Kier alpha value is -3.01. The van der Waals surface area contributed by atoms with Gasteiger partial charge in [-0.15, -0.1) is 0 Å². The average molecular weight is 496 g/mol. The van der Waals surface area contributed by atoms with Crippen LogP contribution in [0.25, 0.3) is 27.8 Å². The Morgan fingerprint density at radius 1 is 1.03 bits per heavy atom. The molecule has 164 valence electrons. The first-order valence-electron chi connectivity index (χ1n) is 9.00. The number of nitrogens with zero attached hydrogens (tertiary/aromatic N) is 2. The Morgan fingerprint density at radius 2 is 1.75 bits per heavy atom. The van der Waals surface area contributed by atoms with Crippen LogP contribution in [0.4, 0.5) is 8.78 Å². The molecule has 0 saturated heterocycles. The molecule has 11 heteroatoms. The minimum atomic E-state index is -3.87. The number of hydrogen-bond acceptors (Lipinski definition) is 4. The first-order valence-corrected chi connectivity index (χ1v) is 11.6. The highest BCUT2D eigenvalue weighted by atomic mass is 35.5. The molecule has 1 amide bonds. The molecule has 0 saturated carbocycles. The van der Waals surface area contributed by atoms with Crippen molar-refractivity contribution in [2.45, 2.75) is 0 Å². The SMILES string of the molecule is CS(=O)(=O)NC(=O)c1cc(F)c(-n2nc(-c3ccccc3F)c3cc(Cl)ccc32)cc1Cl. The van der Waals surface area contributed by atoms with E-state index in [1.807, 2.05) is 0 Å². The molecule has 0 spiro atoms. The normalized spacial score (nSPS) is 11.7. The summed E-state index contributed by atoms with van der Waals surface area (Å²) in [5.74, 6) is -2.50. The number of amides is 1. The quantitative estimate of drug-likeness (QED) is 0.433. The number of rotatable bonds is 4. The number of benzene rings is 3. The minimum absolute atomic E-state index is 0.124. The van der Waals surface area contributed by atoms with E-state index in [-0.39, 0.29) is 27.5 Å². The molecule has 0 bridgehead atoms. The second-order valence-corrected chi connectivity index (χ2v) is 9.48. The first-order chi connectivity index (χ1) is 15.0. The molecule has 1 aromatic heterocycles. The van der Waals surface area contributed by atoms with E-state index in [4.69, 9.17) is 23.2 Å². The molecule has 0 radical (unpaired) electrons. The second-order valence-electron chi connectivity index (χ2n) is 6.89. The van der Waals surface area contributed by atoms with Gasteiger partial charge in [0.15, 0.2) is 0 Å². The molecule has 0 fully saturated rings. The number of sulfonamides is 1. The van der Waals surface area contributed by atoms with Gasteiger partial charge in [-0.1, -0.05) is 35.3 Å². The van der Waals surface area contributed by atoms with E-state index < -0.39 is 27.6 Å². The standard InChI is InChI=1S/C21H13Cl2F2N3O3S/c1-32(30,31)27-21(29)13-9-17(25)19(10-15(13)23)28-18-7-6-11(22)8-14(18)20(26-28)12-4-2-3-5-16(12)24/h2-10H,1H3,(H,27,29). The molecule has 4 rings (SSSR count). The smallest absolute Gasteiger partial charge is 0.266 e. The minimum Gasteiger partial charge on any atom is -0.268 e. The van der Waals surface area contributed by atoms with Gasteiger partial charge in [-0.3, -0.25) is 4.79 Å². The highest BCUT2D eigenvalue weighted by Gasteiger charge is 2.22. The number of aromatic nitrogens is 2. The van der Waals surface area contributed by atoms with Crippen LogP contribution in [0.2, 0.25) is 10.0 Å². The predicted octanol–water partition coefficient (Wildman–Crippen LogP) is 4.97. The zero-order chi connectivity index (χ0) is 23.2. The van der Waals surface area contributed by atoms with E-state index in [1.165, 1.54) is 22.9 Å². The van der Waals surface area contributed by atoms with Crippen LogP contribution in [0.5, 0.6) is 0 Å². The number of hydrogen-bond donors (Lipinski definition) is 1. The number of fused-ring (bicyclic) bond motifs is 1. The van der Waals surface area contributed by atoms with Crippen LogP contribution < -0.4 is 4.72 Å². The molecule has 1 heterocycles. The van der Waals surface area contributed by atoms with Crippen molar-refractivity contribution in [3.05, 3.63) is 81.8 Å². The number of halogens is 4. The highest BCUT2D eigenvalue weighted by Crippen LogP contribution is 2.34. The first kappa shape index (κ1) is 22.2. The number of carbonyl (C=O) groups excluding carboxylic acids is 1. The van der Waals surface area contributed by atoms with Gasteiger partial charge in [0.25, 0.3) is 5.91 Å². The number of carbonyl (C=O) groups is 1. The molecular formula is C21H13Cl2F2N3O3S. The van der Waals surface area contributed by atoms with Crippen molar-refractivity contribution in [2.24, 2.45) is 0 Å². The molecule has 0 unspecified atom stereocenters. The topological polar surface area (TPSA) is 81.1 Å². The van der Waals surface area contributed by atoms with E-state index in [2.05, 4.69) is 5.10 Å². The lowest BCUT2D eigenvalue weighted by molar-refractivity contribution is 0.0981. The van der Waals surface area contributed by atoms with Crippen molar-refractivity contribution in [3.8, 4) is 16.9 Å². The van der Waals surface area contributed by atoms with Gasteiger partial charge in [0, 0.05) is 16.0 Å². The molecule has 4 aromatic rings. The lowest BCUT2D eigenvalue weighted by Gasteiger charge is -2.10. The van der Waals surface area contributed by atoms with Crippen molar-refractivity contribution in [1.82, 2.24) is 14.5 Å². The van der Waals surface area contributed by atoms with Gasteiger partial charge < -0.3 is 0 Å². The van der Waals surface area contributed by atoms with Gasteiger partial charge in [-0.2, -0.15) is 5.10 Å². The van der Waals surface area contributed by atoms with Gasteiger partial charge in [-0.25, -0.2) is 26.6 Å². The maximum atomic E-state index is 15.1. The Kier molecular flexibility index (Phi) is 5.66. The van der Waals surface area contributed by atoms with Gasteiger partial charge in [0.05, 0.1) is 22.4 Å². The molecule has 3 aromatic carbocycles. The van der Waals surface area contributed by atoms with Gasteiger partial charge in [0.2, 0.25) is 10.0 Å². The summed E-state index contributed by atoms with van der Waals surface area (Å²) < 4.78 is 55.1. The van der Waals surface area contributed by atoms with Gasteiger partial charge in [-0.05, 0) is 42.5 Å². The van der Waals surface area contributed by atoms with Crippen molar-refractivity contribution < 1.29 is 22.0 Å². The fourth-order valence-corrected chi connectivity index (χ4v) is 4.08. The van der Waals surface area contributed by atoms with Gasteiger partial charge in [0.1, 0.15) is 23.0 Å². The summed E-state index contributed by atoms with van der Waals surface area (Å²) in [6.45, 7) is 0. The van der Waals surface area contributed by atoms with Gasteiger partial charge >= 0.3 is 0 Å². The van der Waals surface area contributed by atoms with Crippen molar-refractivity contribution in [3.63, 3.8) is 0 Å². The van der Waals surface area contributed by atoms with E-state index in [0.29, 0.717) is 15.9 Å². The summed E-state index contributed by atoms with van der Waals surface area (Å²) >= 11 is 12.3. The Bertz CT molecular complexity index is 1500. The third kappa shape index (κ3) is 4.19. The largest absolute Gasteiger partial charge is 0.268 e. The molecule has 0 atom stereocenters. The highest BCUT2D eigenvalue weighted by molar-refractivity contribution is 7.89. The third-order valence-corrected chi connectivity index (χ3v) is 5.66. The van der Waals surface area contributed by atoms with Crippen LogP contribution in [-0.4, -0.2) is 30.4 Å². The molecule has 0 aliphatic carbocycles. The van der Waals surface area contributed by atoms with E-state index in [9.17, 15) is 17.6 Å². The molecule has 1 N–H and O–H groups in total. The summed E-state index contributed by atoms with van der Waals surface area (Å²) in [5.41, 5.74) is 0.341. The lowest BCUT2D eigenvalue weighted by Crippen LogP contribution is -2.29. The van der Waals surface area contributed by atoms with Crippen molar-refractivity contribution in [2.75, 3.05) is 6.26 Å². The maximum Gasteiger partial charge on any atom is 0.266 e. The molecular weight excluding hydrogens is 483 g/mol. The van der Waals surface area contributed by atoms with Crippen LogP contribution in [-0.2, 0) is 10.0 Å². The van der Waals surface area contributed by atoms with Crippen molar-refractivity contribution >= 4 is 50.0 Å². The van der Waals surface area contributed by atoms with Crippen LogP contribution in [0.1, 0.15) is 10.4 Å². The zero-order valence-corrected chi connectivity index (χ0v) is 18.6. The molecule has 0 aliphatic heterocycles. The second kappa shape index (κ2) is 8.16. The maximum absolute atomic E-state index is 15.1. The Labute approximate surface area is 191 Å². The number of nitrogens with one attached hydrogen (secondary N) is 1. The molecule has 32 heavy (non-hydrogen) atoms. The Morgan fingerprint density at radius 3 is 2.44 bits per heavy atom. The van der Waals surface area contributed by atoms with Crippen LogP contribution in [0.15, 0.2) is 54.6 Å². The fraction of sp³-hybridized carbons (Fsp3) is 0.0476. The summed E-state index contributed by atoms with van der Waals surface area (Å²) in [6.07, 6.45) is 0.786. The Balaban J connectivity index is 1.92. The van der Waals surface area contributed by atoms with Crippen LogP contribution >= 0.6 is 23.2 Å². The van der Waals surface area contributed by atoms with E-state index in [1.54, 1.807) is 29.0 Å². The van der Waals surface area contributed by atoms with Crippen LogP contribution in [0, 0.1) is 11.6 Å².